The van der Waals surface area contributed by atoms with Gasteiger partial charge >= 0.3 is 0 Å². The maximum absolute atomic E-state index is 9.75. The summed E-state index contributed by atoms with van der Waals surface area (Å²) in [5.74, 6) is 0. The fourth-order valence-corrected chi connectivity index (χ4v) is 2.41. The van der Waals surface area contributed by atoms with Crippen LogP contribution < -0.4 is 5.32 Å². The zero-order chi connectivity index (χ0) is 13.3. The van der Waals surface area contributed by atoms with Crippen LogP contribution in [0.25, 0.3) is 0 Å². The van der Waals surface area contributed by atoms with Crippen molar-refractivity contribution in [1.82, 2.24) is 5.32 Å². The Morgan fingerprint density at radius 2 is 2.06 bits per heavy atom. The highest BCUT2D eigenvalue weighted by Gasteiger charge is 2.31. The number of aliphatic hydroxyl groups is 1. The highest BCUT2D eigenvalue weighted by Crippen LogP contribution is 2.39. The molecule has 0 bridgehead atoms. The Kier molecular flexibility index (Phi) is 7.87. The molecular formula is C15H31NO2. The third kappa shape index (κ3) is 6.72. The molecule has 1 aliphatic carbocycles. The maximum atomic E-state index is 9.75. The van der Waals surface area contributed by atoms with Crippen LogP contribution >= 0.6 is 0 Å². The van der Waals surface area contributed by atoms with E-state index in [1.54, 1.807) is 0 Å². The zero-order valence-corrected chi connectivity index (χ0v) is 12.2. The van der Waals surface area contributed by atoms with Gasteiger partial charge in [-0.15, -0.1) is 0 Å². The molecule has 3 nitrogen and oxygen atoms in total. The van der Waals surface area contributed by atoms with Crippen LogP contribution in [0, 0.1) is 5.41 Å². The highest BCUT2D eigenvalue weighted by molar-refractivity contribution is 4.85. The molecule has 0 heterocycles. The Labute approximate surface area is 112 Å². The summed E-state index contributed by atoms with van der Waals surface area (Å²) >= 11 is 0. The minimum Gasteiger partial charge on any atom is -0.389 e. The van der Waals surface area contributed by atoms with Crippen LogP contribution in [0.2, 0.25) is 0 Å². The molecule has 1 fully saturated rings. The summed E-state index contributed by atoms with van der Waals surface area (Å²) in [6, 6.07) is 0. The normalized spacial score (nSPS) is 19.5. The average molecular weight is 257 g/mol. The van der Waals surface area contributed by atoms with E-state index in [9.17, 15) is 5.11 Å². The topological polar surface area (TPSA) is 41.5 Å². The predicted molar refractivity (Wildman–Crippen MR) is 75.8 cm³/mol. The van der Waals surface area contributed by atoms with Crippen molar-refractivity contribution in [3.8, 4) is 0 Å². The summed E-state index contributed by atoms with van der Waals surface area (Å²) in [5.41, 5.74) is 0.487. The van der Waals surface area contributed by atoms with Gasteiger partial charge in [-0.1, -0.05) is 39.5 Å². The smallest absolute Gasteiger partial charge is 0.0897 e. The fourth-order valence-electron chi connectivity index (χ4n) is 2.41. The molecule has 3 heteroatoms. The molecule has 0 amide bonds. The fraction of sp³-hybridized carbons (Fsp3) is 1.00. The van der Waals surface area contributed by atoms with Crippen molar-refractivity contribution in [2.45, 2.75) is 64.9 Å². The molecule has 0 spiro atoms. The van der Waals surface area contributed by atoms with Crippen LogP contribution in [0.1, 0.15) is 58.8 Å². The van der Waals surface area contributed by atoms with Gasteiger partial charge in [0, 0.05) is 19.7 Å². The van der Waals surface area contributed by atoms with E-state index in [0.29, 0.717) is 18.6 Å². The number of unbranched alkanes of at least 4 members (excludes halogenated alkanes) is 3. The number of nitrogens with one attached hydrogen (secondary N) is 1. The highest BCUT2D eigenvalue weighted by atomic mass is 16.5. The van der Waals surface area contributed by atoms with E-state index in [4.69, 9.17) is 4.74 Å². The first-order chi connectivity index (χ1) is 8.66. The largest absolute Gasteiger partial charge is 0.389 e. The quantitative estimate of drug-likeness (QED) is 0.559. The van der Waals surface area contributed by atoms with Gasteiger partial charge in [0.25, 0.3) is 0 Å². The number of rotatable bonds is 11. The number of aliphatic hydroxyl groups excluding tert-OH is 1. The van der Waals surface area contributed by atoms with E-state index in [-0.39, 0.29) is 6.10 Å². The number of hydrogen-bond acceptors (Lipinski definition) is 3. The molecule has 2 N–H and O–H groups in total. The lowest BCUT2D eigenvalue weighted by Crippen LogP contribution is -2.41. The minimum absolute atomic E-state index is 0.361. The first kappa shape index (κ1) is 15.9. The van der Waals surface area contributed by atoms with Crippen LogP contribution in [-0.2, 0) is 4.74 Å². The van der Waals surface area contributed by atoms with E-state index >= 15 is 0 Å². The van der Waals surface area contributed by atoms with Gasteiger partial charge in [-0.2, -0.15) is 0 Å². The lowest BCUT2D eigenvalue weighted by Gasteiger charge is -2.38. The molecule has 1 rings (SSSR count). The summed E-state index contributed by atoms with van der Waals surface area (Å²) in [5, 5.41) is 13.1. The molecular weight excluding hydrogens is 226 g/mol. The molecule has 0 radical (unpaired) electrons. The Morgan fingerprint density at radius 1 is 1.28 bits per heavy atom. The summed E-state index contributed by atoms with van der Waals surface area (Å²) < 4.78 is 5.47. The van der Waals surface area contributed by atoms with Gasteiger partial charge in [0.1, 0.15) is 0 Å². The van der Waals surface area contributed by atoms with Crippen LogP contribution in [0.15, 0.2) is 0 Å². The lowest BCUT2D eigenvalue weighted by molar-refractivity contribution is 0.0325. The molecule has 108 valence electrons. The van der Waals surface area contributed by atoms with E-state index in [1.165, 1.54) is 38.5 Å². The lowest BCUT2D eigenvalue weighted by atomic mass is 9.70. The van der Waals surface area contributed by atoms with Crippen LogP contribution in [0.4, 0.5) is 0 Å². The molecule has 0 aliphatic heterocycles. The number of ether oxygens (including phenoxy) is 1. The van der Waals surface area contributed by atoms with Crippen molar-refractivity contribution >= 4 is 0 Å². The Hall–Kier alpha value is -0.120. The van der Waals surface area contributed by atoms with Gasteiger partial charge in [-0.3, -0.25) is 0 Å². The molecule has 18 heavy (non-hydrogen) atoms. The number of hydrogen-bond donors (Lipinski definition) is 2. The molecule has 1 aliphatic rings. The average Bonchev–Trinajstić information content (AvgIpc) is 2.31. The van der Waals surface area contributed by atoms with Crippen molar-refractivity contribution in [1.29, 1.82) is 0 Å². The molecule has 0 saturated heterocycles. The van der Waals surface area contributed by atoms with Gasteiger partial charge in [0.15, 0.2) is 0 Å². The van der Waals surface area contributed by atoms with E-state index in [1.807, 2.05) is 0 Å². The zero-order valence-electron chi connectivity index (χ0n) is 12.2. The summed E-state index contributed by atoms with van der Waals surface area (Å²) in [4.78, 5) is 0. The van der Waals surface area contributed by atoms with E-state index in [2.05, 4.69) is 19.2 Å². The third-order valence-electron chi connectivity index (χ3n) is 3.94. The monoisotopic (exact) mass is 257 g/mol. The van der Waals surface area contributed by atoms with Crippen molar-refractivity contribution in [3.05, 3.63) is 0 Å². The van der Waals surface area contributed by atoms with Crippen molar-refractivity contribution in [3.63, 3.8) is 0 Å². The molecule has 1 atom stereocenters. The second-order valence-electron chi connectivity index (χ2n) is 6.08. The van der Waals surface area contributed by atoms with Gasteiger partial charge in [-0.25, -0.2) is 0 Å². The van der Waals surface area contributed by atoms with Gasteiger partial charge in [0.05, 0.1) is 12.7 Å². The molecule has 1 saturated carbocycles. The van der Waals surface area contributed by atoms with Crippen molar-refractivity contribution in [2.24, 2.45) is 5.41 Å². The summed E-state index contributed by atoms with van der Waals surface area (Å²) in [7, 11) is 0. The van der Waals surface area contributed by atoms with Gasteiger partial charge in [-0.05, 0) is 24.7 Å². The van der Waals surface area contributed by atoms with E-state index in [0.717, 1.165) is 19.6 Å². The van der Waals surface area contributed by atoms with Gasteiger partial charge in [0.2, 0.25) is 0 Å². The Balaban J connectivity index is 1.86. The molecule has 0 aromatic rings. The Bertz CT molecular complexity index is 205. The maximum Gasteiger partial charge on any atom is 0.0897 e. The molecule has 0 aromatic heterocycles. The van der Waals surface area contributed by atoms with Crippen LogP contribution in [0.5, 0.6) is 0 Å². The van der Waals surface area contributed by atoms with Crippen molar-refractivity contribution < 1.29 is 9.84 Å². The molecule has 1 unspecified atom stereocenters. The Morgan fingerprint density at radius 3 is 2.67 bits per heavy atom. The summed E-state index contributed by atoms with van der Waals surface area (Å²) in [6.45, 7) is 7.47. The second kappa shape index (κ2) is 8.89. The first-order valence-electron chi connectivity index (χ1n) is 7.63. The minimum atomic E-state index is -0.361. The van der Waals surface area contributed by atoms with Gasteiger partial charge < -0.3 is 15.2 Å². The predicted octanol–water partition coefficient (Wildman–Crippen LogP) is 2.72. The SMILES string of the molecule is CCCCCCOCC(O)CNCC1(C)CCC1. The first-order valence-corrected chi connectivity index (χ1v) is 7.63. The van der Waals surface area contributed by atoms with Crippen molar-refractivity contribution in [2.75, 3.05) is 26.3 Å². The second-order valence-corrected chi connectivity index (χ2v) is 6.08. The van der Waals surface area contributed by atoms with Crippen LogP contribution in [0.3, 0.4) is 0 Å². The molecule has 0 aromatic carbocycles. The van der Waals surface area contributed by atoms with Crippen LogP contribution in [-0.4, -0.2) is 37.5 Å². The summed E-state index contributed by atoms with van der Waals surface area (Å²) in [6.07, 6.45) is 8.54. The standard InChI is InChI=1S/C15H31NO2/c1-3-4-5-6-10-18-12-14(17)11-16-13-15(2)8-7-9-15/h14,16-17H,3-13H2,1-2H3. The van der Waals surface area contributed by atoms with E-state index < -0.39 is 0 Å². The third-order valence-corrected chi connectivity index (χ3v) is 3.94.